The number of hydrogen-bond donors (Lipinski definition) is 0. The molecule has 1 aromatic rings. The Kier molecular flexibility index (Phi) is 4.98. The van der Waals surface area contributed by atoms with Gasteiger partial charge >= 0.3 is 8.56 Å². The predicted molar refractivity (Wildman–Crippen MR) is 68.6 cm³/mol. The van der Waals surface area contributed by atoms with Crippen molar-refractivity contribution in [1.82, 2.24) is 0 Å². The van der Waals surface area contributed by atoms with Crippen LogP contribution < -0.4 is 5.19 Å². The van der Waals surface area contributed by atoms with E-state index in [1.807, 2.05) is 26.0 Å². The first-order chi connectivity index (χ1) is 7.12. The molecule has 0 aliphatic carbocycles. The Morgan fingerprint density at radius 3 is 2.27 bits per heavy atom. The molecule has 0 aliphatic rings. The van der Waals surface area contributed by atoms with Crippen molar-refractivity contribution in [2.24, 2.45) is 0 Å². The van der Waals surface area contributed by atoms with E-state index in [4.69, 9.17) is 8.85 Å². The third kappa shape index (κ3) is 3.41. The normalized spacial score (nSPS) is 11.7. The third-order valence-corrected chi connectivity index (χ3v) is 5.72. The summed E-state index contributed by atoms with van der Waals surface area (Å²) in [7, 11) is -2.19. The number of hydrogen-bond acceptors (Lipinski definition) is 2. The molecular formula is C11H17BrO2Si. The van der Waals surface area contributed by atoms with Gasteiger partial charge in [-0.1, -0.05) is 28.1 Å². The molecule has 84 valence electrons. The molecule has 0 heterocycles. The minimum Gasteiger partial charge on any atom is -0.391 e. The number of rotatable bonds is 5. The average Bonchev–Trinajstić information content (AvgIpc) is 2.18. The van der Waals surface area contributed by atoms with Gasteiger partial charge in [-0.05, 0) is 37.7 Å². The van der Waals surface area contributed by atoms with E-state index in [0.29, 0.717) is 13.2 Å². The van der Waals surface area contributed by atoms with Gasteiger partial charge < -0.3 is 8.85 Å². The summed E-state index contributed by atoms with van der Waals surface area (Å²) in [6.07, 6.45) is 0. The van der Waals surface area contributed by atoms with Crippen molar-refractivity contribution in [3.05, 3.63) is 28.7 Å². The van der Waals surface area contributed by atoms with Gasteiger partial charge in [0.15, 0.2) is 0 Å². The molecule has 0 N–H and O–H groups in total. The van der Waals surface area contributed by atoms with E-state index in [2.05, 4.69) is 34.6 Å². The van der Waals surface area contributed by atoms with Crippen molar-refractivity contribution in [3.8, 4) is 0 Å². The Balaban J connectivity index is 2.97. The zero-order valence-corrected chi connectivity index (χ0v) is 12.0. The largest absolute Gasteiger partial charge is 0.391 e. The van der Waals surface area contributed by atoms with E-state index in [1.54, 1.807) is 0 Å². The number of benzene rings is 1. The summed E-state index contributed by atoms with van der Waals surface area (Å²) < 4.78 is 12.7. The van der Waals surface area contributed by atoms with E-state index in [1.165, 1.54) is 5.19 Å². The maximum atomic E-state index is 5.81. The first kappa shape index (κ1) is 12.9. The van der Waals surface area contributed by atoms with Crippen LogP contribution in [0.5, 0.6) is 0 Å². The Labute approximate surface area is 101 Å². The molecule has 0 unspecified atom stereocenters. The third-order valence-electron chi connectivity index (χ3n) is 2.19. The molecule has 0 saturated carbocycles. The van der Waals surface area contributed by atoms with Crippen molar-refractivity contribution < 1.29 is 8.85 Å². The van der Waals surface area contributed by atoms with Crippen LogP contribution in [0.1, 0.15) is 13.8 Å². The lowest BCUT2D eigenvalue weighted by atomic mass is 10.4. The first-order valence-electron chi connectivity index (χ1n) is 5.16. The smallest absolute Gasteiger partial charge is 0.369 e. The molecule has 0 aromatic heterocycles. The van der Waals surface area contributed by atoms with Crippen molar-refractivity contribution in [3.63, 3.8) is 0 Å². The van der Waals surface area contributed by atoms with Crippen LogP contribution in [0, 0.1) is 0 Å². The van der Waals surface area contributed by atoms with Crippen molar-refractivity contribution >= 4 is 29.7 Å². The molecule has 0 atom stereocenters. The molecule has 15 heavy (non-hydrogen) atoms. The Bertz CT molecular complexity index is 311. The van der Waals surface area contributed by atoms with Gasteiger partial charge in [0, 0.05) is 17.7 Å². The second kappa shape index (κ2) is 5.79. The SMILES string of the molecule is CCO[Si](C)(OCC)c1cccc(Br)c1. The average molecular weight is 289 g/mol. The molecule has 0 amide bonds. The van der Waals surface area contributed by atoms with Crippen molar-refractivity contribution in [2.75, 3.05) is 13.2 Å². The van der Waals surface area contributed by atoms with Crippen LogP contribution in [-0.4, -0.2) is 21.8 Å². The monoisotopic (exact) mass is 288 g/mol. The van der Waals surface area contributed by atoms with Crippen LogP contribution in [-0.2, 0) is 8.85 Å². The molecule has 0 fully saturated rings. The van der Waals surface area contributed by atoms with Gasteiger partial charge in [-0.25, -0.2) is 0 Å². The maximum Gasteiger partial charge on any atom is 0.369 e. The highest BCUT2D eigenvalue weighted by Gasteiger charge is 2.33. The molecule has 0 saturated heterocycles. The van der Waals surface area contributed by atoms with Crippen LogP contribution in [0.4, 0.5) is 0 Å². The van der Waals surface area contributed by atoms with Gasteiger partial charge in [0.05, 0.1) is 0 Å². The molecule has 0 spiro atoms. The van der Waals surface area contributed by atoms with Gasteiger partial charge in [0.25, 0.3) is 0 Å². The fourth-order valence-corrected chi connectivity index (χ4v) is 4.48. The van der Waals surface area contributed by atoms with Crippen molar-refractivity contribution in [1.29, 1.82) is 0 Å². The molecule has 0 bridgehead atoms. The summed E-state index contributed by atoms with van der Waals surface area (Å²) in [5.41, 5.74) is 0. The fraction of sp³-hybridized carbons (Fsp3) is 0.455. The summed E-state index contributed by atoms with van der Waals surface area (Å²) in [5, 5.41) is 1.17. The van der Waals surface area contributed by atoms with Gasteiger partial charge in [-0.15, -0.1) is 0 Å². The lowest BCUT2D eigenvalue weighted by Gasteiger charge is -2.26. The summed E-state index contributed by atoms with van der Waals surface area (Å²) >= 11 is 3.47. The van der Waals surface area contributed by atoms with E-state index >= 15 is 0 Å². The fourth-order valence-electron chi connectivity index (χ4n) is 1.53. The Morgan fingerprint density at radius 2 is 1.80 bits per heavy atom. The summed E-state index contributed by atoms with van der Waals surface area (Å²) in [6, 6.07) is 8.18. The highest BCUT2D eigenvalue weighted by Crippen LogP contribution is 2.12. The molecule has 4 heteroatoms. The van der Waals surface area contributed by atoms with E-state index in [-0.39, 0.29) is 0 Å². The van der Waals surface area contributed by atoms with E-state index < -0.39 is 8.56 Å². The quantitative estimate of drug-likeness (QED) is 0.776. The predicted octanol–water partition coefficient (Wildman–Crippen LogP) is 2.80. The summed E-state index contributed by atoms with van der Waals surface area (Å²) in [4.78, 5) is 0. The lowest BCUT2D eigenvalue weighted by molar-refractivity contribution is 0.202. The van der Waals surface area contributed by atoms with Crippen LogP contribution in [0.2, 0.25) is 6.55 Å². The van der Waals surface area contributed by atoms with E-state index in [0.717, 1.165) is 4.47 Å². The number of halogens is 1. The van der Waals surface area contributed by atoms with Crippen LogP contribution in [0.15, 0.2) is 28.7 Å². The van der Waals surface area contributed by atoms with Crippen LogP contribution in [0.3, 0.4) is 0 Å². The molecular weight excluding hydrogens is 272 g/mol. The summed E-state index contributed by atoms with van der Waals surface area (Å²) in [5.74, 6) is 0. The highest BCUT2D eigenvalue weighted by atomic mass is 79.9. The molecule has 0 aliphatic heterocycles. The molecule has 2 nitrogen and oxygen atoms in total. The van der Waals surface area contributed by atoms with E-state index in [9.17, 15) is 0 Å². The highest BCUT2D eigenvalue weighted by molar-refractivity contribution is 9.10. The zero-order valence-electron chi connectivity index (χ0n) is 9.42. The van der Waals surface area contributed by atoms with Gasteiger partial charge in [0.2, 0.25) is 0 Å². The van der Waals surface area contributed by atoms with Crippen LogP contribution >= 0.6 is 15.9 Å². The second-order valence-electron chi connectivity index (χ2n) is 3.32. The minimum absolute atomic E-state index is 0.690. The standard InChI is InChI=1S/C11H17BrO2Si/c1-4-13-15(3,14-5-2)11-8-6-7-10(12)9-11/h6-9H,4-5H2,1-3H3. The minimum atomic E-state index is -2.19. The molecule has 1 aromatic carbocycles. The van der Waals surface area contributed by atoms with Gasteiger partial charge in [-0.3, -0.25) is 0 Å². The topological polar surface area (TPSA) is 18.5 Å². The van der Waals surface area contributed by atoms with Crippen LogP contribution in [0.25, 0.3) is 0 Å². The zero-order chi connectivity index (χ0) is 11.3. The second-order valence-corrected chi connectivity index (χ2v) is 7.28. The molecule has 0 radical (unpaired) electrons. The first-order valence-corrected chi connectivity index (χ1v) is 8.27. The van der Waals surface area contributed by atoms with Gasteiger partial charge in [-0.2, -0.15) is 0 Å². The molecule has 1 rings (SSSR count). The van der Waals surface area contributed by atoms with Gasteiger partial charge in [0.1, 0.15) is 0 Å². The Morgan fingerprint density at radius 1 is 1.20 bits per heavy atom. The Hall–Kier alpha value is -0.163. The summed E-state index contributed by atoms with van der Waals surface area (Å²) in [6.45, 7) is 7.47. The maximum absolute atomic E-state index is 5.81. The lowest BCUT2D eigenvalue weighted by Crippen LogP contribution is -2.51. The van der Waals surface area contributed by atoms with Crippen molar-refractivity contribution in [2.45, 2.75) is 20.4 Å².